The van der Waals surface area contributed by atoms with Crippen molar-refractivity contribution < 1.29 is 9.18 Å². The number of amides is 1. The van der Waals surface area contributed by atoms with Crippen molar-refractivity contribution in [3.8, 4) is 0 Å². The molecule has 0 bridgehead atoms. The lowest BCUT2D eigenvalue weighted by Crippen LogP contribution is -2.35. The van der Waals surface area contributed by atoms with Crippen LogP contribution in [0.1, 0.15) is 17.3 Å². The summed E-state index contributed by atoms with van der Waals surface area (Å²) in [6, 6.07) is 4.13. The van der Waals surface area contributed by atoms with Crippen LogP contribution >= 0.6 is 23.8 Å². The van der Waals surface area contributed by atoms with E-state index < -0.39 is 5.82 Å². The normalized spacial score (nSPS) is 12.0. The molecule has 0 aliphatic rings. The van der Waals surface area contributed by atoms with E-state index in [0.717, 1.165) is 0 Å². The van der Waals surface area contributed by atoms with Crippen LogP contribution in [0.15, 0.2) is 18.2 Å². The van der Waals surface area contributed by atoms with Crippen LogP contribution in [-0.2, 0) is 0 Å². The average molecular weight is 289 g/mol. The minimum atomic E-state index is -0.613. The van der Waals surface area contributed by atoms with Crippen molar-refractivity contribution in [2.75, 3.05) is 13.6 Å². The third-order valence-corrected chi connectivity index (χ3v) is 3.35. The lowest BCUT2D eigenvalue weighted by atomic mass is 10.1. The van der Waals surface area contributed by atoms with Crippen LogP contribution in [0.4, 0.5) is 4.39 Å². The Morgan fingerprint density at radius 3 is 2.78 bits per heavy atom. The van der Waals surface area contributed by atoms with Crippen LogP contribution in [-0.4, -0.2) is 29.4 Å². The second-order valence-electron chi connectivity index (χ2n) is 4.09. The molecule has 0 aromatic heterocycles. The van der Waals surface area contributed by atoms with Gasteiger partial charge in [-0.3, -0.25) is 4.79 Å². The number of benzene rings is 1. The quantitative estimate of drug-likeness (QED) is 0.866. The van der Waals surface area contributed by atoms with Crippen molar-refractivity contribution in [3.63, 3.8) is 0 Å². The van der Waals surface area contributed by atoms with Gasteiger partial charge in [0.05, 0.1) is 15.6 Å². The maximum atomic E-state index is 13.3. The summed E-state index contributed by atoms with van der Waals surface area (Å²) in [5.41, 5.74) is 5.62. The Balaban J connectivity index is 2.87. The molecular formula is C12H14ClFN2OS. The van der Waals surface area contributed by atoms with E-state index in [9.17, 15) is 9.18 Å². The van der Waals surface area contributed by atoms with Crippen molar-refractivity contribution in [1.29, 1.82) is 0 Å². The molecule has 98 valence electrons. The van der Waals surface area contributed by atoms with E-state index in [2.05, 4.69) is 0 Å². The highest BCUT2D eigenvalue weighted by molar-refractivity contribution is 7.80. The Kier molecular flexibility index (Phi) is 5.04. The molecule has 1 rings (SSSR count). The molecule has 0 heterocycles. The van der Waals surface area contributed by atoms with Gasteiger partial charge in [0.15, 0.2) is 0 Å². The van der Waals surface area contributed by atoms with E-state index in [0.29, 0.717) is 11.5 Å². The molecule has 0 saturated heterocycles. The summed E-state index contributed by atoms with van der Waals surface area (Å²) >= 11 is 10.6. The number of carbonyl (C=O) groups is 1. The summed E-state index contributed by atoms with van der Waals surface area (Å²) in [6.07, 6.45) is 0. The number of hydrogen-bond donors (Lipinski definition) is 1. The average Bonchev–Trinajstić information content (AvgIpc) is 2.31. The van der Waals surface area contributed by atoms with E-state index >= 15 is 0 Å². The molecule has 0 aliphatic heterocycles. The molecule has 0 aliphatic carbocycles. The summed E-state index contributed by atoms with van der Waals surface area (Å²) in [5, 5.41) is -0.169. The number of halogens is 2. The Morgan fingerprint density at radius 1 is 1.61 bits per heavy atom. The van der Waals surface area contributed by atoms with Gasteiger partial charge in [0.25, 0.3) is 5.91 Å². The minimum Gasteiger partial charge on any atom is -0.393 e. The summed E-state index contributed by atoms with van der Waals surface area (Å²) in [5.74, 6) is -1.08. The molecule has 0 radical (unpaired) electrons. The maximum absolute atomic E-state index is 13.3. The predicted octanol–water partition coefficient (Wildman–Crippen LogP) is 2.47. The molecule has 3 nitrogen and oxygen atoms in total. The lowest BCUT2D eigenvalue weighted by Gasteiger charge is -2.21. The Morgan fingerprint density at radius 2 is 2.22 bits per heavy atom. The van der Waals surface area contributed by atoms with E-state index in [4.69, 9.17) is 29.6 Å². The first-order chi connectivity index (χ1) is 8.34. The third-order valence-electron chi connectivity index (χ3n) is 2.56. The molecule has 0 saturated carbocycles. The third kappa shape index (κ3) is 3.40. The van der Waals surface area contributed by atoms with Crippen molar-refractivity contribution >= 4 is 34.7 Å². The minimum absolute atomic E-state index is 0.110. The SMILES string of the molecule is CC(CN(C)C(=O)c1cccc(F)c1Cl)C(N)=S. The molecule has 1 unspecified atom stereocenters. The summed E-state index contributed by atoms with van der Waals surface area (Å²) in [7, 11) is 1.60. The van der Waals surface area contributed by atoms with Crippen LogP contribution in [0, 0.1) is 11.7 Å². The summed E-state index contributed by atoms with van der Waals surface area (Å²) in [6.45, 7) is 2.18. The second-order valence-corrected chi connectivity index (χ2v) is 4.94. The Labute approximate surface area is 116 Å². The van der Waals surface area contributed by atoms with Crippen LogP contribution in [0.5, 0.6) is 0 Å². The fourth-order valence-corrected chi connectivity index (χ4v) is 1.74. The number of carbonyl (C=O) groups excluding carboxylic acids is 1. The first-order valence-corrected chi connectivity index (χ1v) is 6.12. The van der Waals surface area contributed by atoms with E-state index in [1.165, 1.54) is 23.1 Å². The van der Waals surface area contributed by atoms with Crippen molar-refractivity contribution in [2.24, 2.45) is 11.7 Å². The van der Waals surface area contributed by atoms with Crippen LogP contribution < -0.4 is 5.73 Å². The standard InChI is InChI=1S/C12H14ClFN2OS/c1-7(11(15)18)6-16(2)12(17)8-4-3-5-9(14)10(8)13/h3-5,7H,6H2,1-2H3,(H2,15,18). The van der Waals surface area contributed by atoms with Gasteiger partial charge in [-0.05, 0) is 12.1 Å². The highest BCUT2D eigenvalue weighted by Gasteiger charge is 2.19. The molecule has 0 spiro atoms. The highest BCUT2D eigenvalue weighted by atomic mass is 35.5. The predicted molar refractivity (Wildman–Crippen MR) is 74.3 cm³/mol. The molecule has 1 aromatic carbocycles. The van der Waals surface area contributed by atoms with Gasteiger partial charge in [-0.1, -0.05) is 36.8 Å². The molecule has 6 heteroatoms. The molecule has 1 atom stereocenters. The van der Waals surface area contributed by atoms with Gasteiger partial charge in [-0.2, -0.15) is 0 Å². The lowest BCUT2D eigenvalue weighted by molar-refractivity contribution is 0.0786. The first kappa shape index (κ1) is 14.9. The number of thiocarbonyl (C=S) groups is 1. The number of hydrogen-bond acceptors (Lipinski definition) is 2. The maximum Gasteiger partial charge on any atom is 0.255 e. The number of nitrogens with two attached hydrogens (primary N) is 1. The first-order valence-electron chi connectivity index (χ1n) is 5.33. The smallest absolute Gasteiger partial charge is 0.255 e. The fourth-order valence-electron chi connectivity index (χ4n) is 1.46. The van der Waals surface area contributed by atoms with Gasteiger partial charge < -0.3 is 10.6 Å². The van der Waals surface area contributed by atoms with Gasteiger partial charge in [0.1, 0.15) is 5.82 Å². The fraction of sp³-hybridized carbons (Fsp3) is 0.333. The zero-order valence-corrected chi connectivity index (χ0v) is 11.7. The van der Waals surface area contributed by atoms with E-state index in [-0.39, 0.29) is 22.4 Å². The molecule has 1 amide bonds. The van der Waals surface area contributed by atoms with Gasteiger partial charge in [0, 0.05) is 19.5 Å². The number of rotatable bonds is 4. The van der Waals surface area contributed by atoms with Crippen molar-refractivity contribution in [2.45, 2.75) is 6.92 Å². The second kappa shape index (κ2) is 6.11. The molecular weight excluding hydrogens is 275 g/mol. The molecule has 1 aromatic rings. The van der Waals surface area contributed by atoms with E-state index in [1.54, 1.807) is 7.05 Å². The van der Waals surface area contributed by atoms with Crippen molar-refractivity contribution in [1.82, 2.24) is 4.90 Å². The Bertz CT molecular complexity index is 481. The zero-order valence-electron chi connectivity index (χ0n) is 10.1. The van der Waals surface area contributed by atoms with Gasteiger partial charge in [-0.25, -0.2) is 4.39 Å². The van der Waals surface area contributed by atoms with Gasteiger partial charge >= 0.3 is 0 Å². The molecule has 2 N–H and O–H groups in total. The zero-order chi connectivity index (χ0) is 13.9. The largest absolute Gasteiger partial charge is 0.393 e. The monoisotopic (exact) mass is 288 g/mol. The van der Waals surface area contributed by atoms with Crippen LogP contribution in [0.3, 0.4) is 0 Å². The van der Waals surface area contributed by atoms with Crippen LogP contribution in [0.25, 0.3) is 0 Å². The summed E-state index contributed by atoms with van der Waals surface area (Å²) in [4.78, 5) is 13.8. The molecule has 18 heavy (non-hydrogen) atoms. The van der Waals surface area contributed by atoms with Gasteiger partial charge in [-0.15, -0.1) is 0 Å². The van der Waals surface area contributed by atoms with E-state index in [1.807, 2.05) is 6.92 Å². The summed E-state index contributed by atoms with van der Waals surface area (Å²) < 4.78 is 13.3. The molecule has 0 fully saturated rings. The van der Waals surface area contributed by atoms with Gasteiger partial charge in [0.2, 0.25) is 0 Å². The topological polar surface area (TPSA) is 46.3 Å². The highest BCUT2D eigenvalue weighted by Crippen LogP contribution is 2.21. The van der Waals surface area contributed by atoms with Crippen LogP contribution in [0.2, 0.25) is 5.02 Å². The van der Waals surface area contributed by atoms with Crippen molar-refractivity contribution in [3.05, 3.63) is 34.6 Å². The number of nitrogens with zero attached hydrogens (tertiary/aromatic N) is 1. The Hall–Kier alpha value is -1.20.